The molecule has 4 aromatic rings. The van der Waals surface area contributed by atoms with Gasteiger partial charge in [0, 0.05) is 11.6 Å². The van der Waals surface area contributed by atoms with Crippen LogP contribution in [0.15, 0.2) is 61.1 Å². The molecule has 0 amide bonds. The second kappa shape index (κ2) is 5.66. The lowest BCUT2D eigenvalue weighted by Gasteiger charge is -2.08. The van der Waals surface area contributed by atoms with Crippen molar-refractivity contribution < 1.29 is 4.74 Å². The van der Waals surface area contributed by atoms with Crippen molar-refractivity contribution in [2.45, 2.75) is 0 Å². The second-order valence-electron chi connectivity index (χ2n) is 4.74. The predicted octanol–water partition coefficient (Wildman–Crippen LogP) is 3.63. The number of ether oxygens (including phenoxy) is 1. The SMILES string of the molecule is Clc1ccc(Oc2cc(-c3ccccc3)nc3ncnn23)cn1. The van der Waals surface area contributed by atoms with Crippen LogP contribution >= 0.6 is 11.6 Å². The van der Waals surface area contributed by atoms with Crippen LogP contribution in [-0.2, 0) is 0 Å². The zero-order chi connectivity index (χ0) is 15.6. The Kier molecular flexibility index (Phi) is 3.36. The smallest absolute Gasteiger partial charge is 0.255 e. The molecule has 0 fully saturated rings. The van der Waals surface area contributed by atoms with Gasteiger partial charge in [0.15, 0.2) is 0 Å². The van der Waals surface area contributed by atoms with Crippen molar-refractivity contribution in [3.63, 3.8) is 0 Å². The van der Waals surface area contributed by atoms with Crippen molar-refractivity contribution in [1.29, 1.82) is 0 Å². The molecule has 4 rings (SSSR count). The first-order valence-electron chi connectivity index (χ1n) is 6.85. The fourth-order valence-corrected chi connectivity index (χ4v) is 2.27. The summed E-state index contributed by atoms with van der Waals surface area (Å²) in [5.74, 6) is 1.51. The summed E-state index contributed by atoms with van der Waals surface area (Å²) >= 11 is 5.79. The van der Waals surface area contributed by atoms with Gasteiger partial charge < -0.3 is 4.74 Å². The van der Waals surface area contributed by atoms with E-state index in [2.05, 4.69) is 20.1 Å². The number of hydrogen-bond donors (Lipinski definition) is 0. The Hall–Kier alpha value is -2.99. The molecule has 0 radical (unpaired) electrons. The van der Waals surface area contributed by atoms with Gasteiger partial charge in [0.25, 0.3) is 5.78 Å². The minimum absolute atomic E-state index is 0.406. The van der Waals surface area contributed by atoms with Gasteiger partial charge in [0.2, 0.25) is 5.88 Å². The Labute approximate surface area is 136 Å². The van der Waals surface area contributed by atoms with Crippen molar-refractivity contribution in [2.75, 3.05) is 0 Å². The van der Waals surface area contributed by atoms with Crippen LogP contribution in [-0.4, -0.2) is 24.6 Å². The molecule has 0 aliphatic rings. The summed E-state index contributed by atoms with van der Waals surface area (Å²) in [6.45, 7) is 0. The van der Waals surface area contributed by atoms with E-state index in [-0.39, 0.29) is 0 Å². The highest BCUT2D eigenvalue weighted by molar-refractivity contribution is 6.29. The fraction of sp³-hybridized carbons (Fsp3) is 0. The molecular formula is C16H10ClN5O. The Balaban J connectivity index is 1.81. The van der Waals surface area contributed by atoms with Gasteiger partial charge in [-0.2, -0.15) is 14.6 Å². The molecule has 112 valence electrons. The molecule has 0 bridgehead atoms. The van der Waals surface area contributed by atoms with Crippen molar-refractivity contribution in [2.24, 2.45) is 0 Å². The van der Waals surface area contributed by atoms with E-state index in [0.29, 0.717) is 22.6 Å². The molecule has 0 saturated heterocycles. The highest BCUT2D eigenvalue weighted by atomic mass is 35.5. The number of fused-ring (bicyclic) bond motifs is 1. The molecule has 0 unspecified atom stereocenters. The zero-order valence-electron chi connectivity index (χ0n) is 11.8. The number of nitrogens with zero attached hydrogens (tertiary/aromatic N) is 5. The van der Waals surface area contributed by atoms with E-state index in [0.717, 1.165) is 11.3 Å². The third-order valence-electron chi connectivity index (χ3n) is 3.21. The fourth-order valence-electron chi connectivity index (χ4n) is 2.16. The van der Waals surface area contributed by atoms with Gasteiger partial charge in [0.05, 0.1) is 11.9 Å². The van der Waals surface area contributed by atoms with Crippen LogP contribution in [0.25, 0.3) is 17.0 Å². The van der Waals surface area contributed by atoms with Gasteiger partial charge in [0.1, 0.15) is 17.2 Å². The highest BCUT2D eigenvalue weighted by Crippen LogP contribution is 2.26. The topological polar surface area (TPSA) is 65.2 Å². The minimum Gasteiger partial charge on any atom is -0.437 e. The molecule has 0 spiro atoms. The molecule has 0 saturated carbocycles. The number of rotatable bonds is 3. The molecule has 6 nitrogen and oxygen atoms in total. The van der Waals surface area contributed by atoms with Gasteiger partial charge in [-0.05, 0) is 12.1 Å². The lowest BCUT2D eigenvalue weighted by molar-refractivity contribution is 0.444. The third-order valence-corrected chi connectivity index (χ3v) is 3.43. The Morgan fingerprint density at radius 2 is 1.87 bits per heavy atom. The normalized spacial score (nSPS) is 10.8. The maximum Gasteiger partial charge on any atom is 0.255 e. The molecule has 1 aromatic carbocycles. The summed E-state index contributed by atoms with van der Waals surface area (Å²) in [5, 5.41) is 4.54. The summed E-state index contributed by atoms with van der Waals surface area (Å²) in [7, 11) is 0. The van der Waals surface area contributed by atoms with E-state index in [1.165, 1.54) is 10.8 Å². The number of benzene rings is 1. The van der Waals surface area contributed by atoms with Crippen molar-refractivity contribution in [3.8, 4) is 22.9 Å². The van der Waals surface area contributed by atoms with Crippen LogP contribution in [0.2, 0.25) is 5.15 Å². The van der Waals surface area contributed by atoms with Crippen LogP contribution in [0.5, 0.6) is 11.6 Å². The van der Waals surface area contributed by atoms with Crippen molar-refractivity contribution in [1.82, 2.24) is 24.6 Å². The van der Waals surface area contributed by atoms with Crippen LogP contribution in [0.1, 0.15) is 0 Å². The average molecular weight is 324 g/mol. The molecule has 0 N–H and O–H groups in total. The van der Waals surface area contributed by atoms with Gasteiger partial charge in [-0.15, -0.1) is 0 Å². The Bertz CT molecular complexity index is 953. The predicted molar refractivity (Wildman–Crippen MR) is 85.5 cm³/mol. The lowest BCUT2D eigenvalue weighted by atomic mass is 10.1. The monoisotopic (exact) mass is 323 g/mol. The summed E-state index contributed by atoms with van der Waals surface area (Å²) in [4.78, 5) is 12.6. The standard InChI is InChI=1S/C16H10ClN5O/c17-14-7-6-12(9-18-14)23-15-8-13(11-4-2-1-3-5-11)21-16-19-10-20-22(15)16/h1-10H. The van der Waals surface area contributed by atoms with E-state index in [1.54, 1.807) is 18.3 Å². The maximum atomic E-state index is 5.87. The third kappa shape index (κ3) is 2.72. The molecule has 0 aliphatic heterocycles. The van der Waals surface area contributed by atoms with Crippen LogP contribution in [0.4, 0.5) is 0 Å². The molecule has 7 heteroatoms. The molecule has 0 atom stereocenters. The number of aromatic nitrogens is 5. The first-order chi connectivity index (χ1) is 11.3. The first-order valence-corrected chi connectivity index (χ1v) is 7.23. The zero-order valence-corrected chi connectivity index (χ0v) is 12.6. The van der Waals surface area contributed by atoms with Gasteiger partial charge in [-0.1, -0.05) is 41.9 Å². The Morgan fingerprint density at radius 3 is 2.65 bits per heavy atom. The largest absolute Gasteiger partial charge is 0.437 e. The number of halogens is 1. The van der Waals surface area contributed by atoms with E-state index >= 15 is 0 Å². The quantitative estimate of drug-likeness (QED) is 0.539. The number of hydrogen-bond acceptors (Lipinski definition) is 5. The molecule has 0 aliphatic carbocycles. The lowest BCUT2D eigenvalue weighted by Crippen LogP contribution is -1.99. The van der Waals surface area contributed by atoms with E-state index < -0.39 is 0 Å². The van der Waals surface area contributed by atoms with Crippen molar-refractivity contribution >= 4 is 17.4 Å². The van der Waals surface area contributed by atoms with Crippen LogP contribution in [0.3, 0.4) is 0 Å². The molecule has 3 aromatic heterocycles. The first kappa shape index (κ1) is 13.7. The van der Waals surface area contributed by atoms with Crippen molar-refractivity contribution in [3.05, 3.63) is 66.2 Å². The minimum atomic E-state index is 0.406. The van der Waals surface area contributed by atoms with Gasteiger partial charge >= 0.3 is 0 Å². The van der Waals surface area contributed by atoms with E-state index in [4.69, 9.17) is 16.3 Å². The summed E-state index contributed by atoms with van der Waals surface area (Å²) in [5.41, 5.74) is 1.72. The summed E-state index contributed by atoms with van der Waals surface area (Å²) in [6, 6.07) is 15.0. The molecule has 3 heterocycles. The molecular weight excluding hydrogens is 314 g/mol. The van der Waals surface area contributed by atoms with E-state index in [9.17, 15) is 0 Å². The van der Waals surface area contributed by atoms with E-state index in [1.807, 2.05) is 36.4 Å². The van der Waals surface area contributed by atoms with Crippen LogP contribution in [0, 0.1) is 0 Å². The van der Waals surface area contributed by atoms with Gasteiger partial charge in [-0.3, -0.25) is 0 Å². The number of pyridine rings is 1. The van der Waals surface area contributed by atoms with Gasteiger partial charge in [-0.25, -0.2) is 9.97 Å². The Morgan fingerprint density at radius 1 is 1.00 bits per heavy atom. The van der Waals surface area contributed by atoms with Crippen LogP contribution < -0.4 is 4.74 Å². The summed E-state index contributed by atoms with van der Waals surface area (Å²) < 4.78 is 7.40. The summed E-state index contributed by atoms with van der Waals surface area (Å²) in [6.07, 6.45) is 2.98. The highest BCUT2D eigenvalue weighted by Gasteiger charge is 2.11. The second-order valence-corrected chi connectivity index (χ2v) is 5.12. The maximum absolute atomic E-state index is 5.87. The molecule has 23 heavy (non-hydrogen) atoms. The average Bonchev–Trinajstić information content (AvgIpc) is 3.06.